The topological polar surface area (TPSA) is 78.4 Å². The normalized spacial score (nSPS) is 10.4. The van der Waals surface area contributed by atoms with Crippen LogP contribution in [0.3, 0.4) is 0 Å². The Bertz CT molecular complexity index is 629. The summed E-state index contributed by atoms with van der Waals surface area (Å²) in [4.78, 5) is 10.5. The molecule has 21 heavy (non-hydrogen) atoms. The van der Waals surface area contributed by atoms with E-state index in [0.717, 1.165) is 12.0 Å². The molecule has 0 aliphatic carbocycles. The number of benzene rings is 2. The van der Waals surface area contributed by atoms with Crippen LogP contribution in [0.2, 0.25) is 5.02 Å². The maximum absolute atomic E-state index is 11.0. The van der Waals surface area contributed by atoms with Gasteiger partial charge in [-0.2, -0.15) is 0 Å². The molecule has 0 amide bonds. The molecule has 0 aliphatic rings. The smallest absolute Gasteiger partial charge is 0.277 e. The lowest BCUT2D eigenvalue weighted by atomic mass is 10.1. The lowest BCUT2D eigenvalue weighted by molar-refractivity contribution is -0.385. The Balaban J connectivity index is 2.07. The molecule has 6 heteroatoms. The minimum atomic E-state index is -0.463. The number of hydrogen-bond donors (Lipinski definition) is 1. The van der Waals surface area contributed by atoms with Gasteiger partial charge in [-0.15, -0.1) is 0 Å². The third kappa shape index (κ3) is 4.18. The number of halogens is 1. The number of nitrogens with two attached hydrogens (primary N) is 1. The van der Waals surface area contributed by atoms with E-state index in [1.54, 1.807) is 12.1 Å². The van der Waals surface area contributed by atoms with Crippen LogP contribution in [0.4, 0.5) is 5.69 Å². The van der Waals surface area contributed by atoms with Crippen molar-refractivity contribution in [2.24, 2.45) is 5.73 Å². The largest absolute Gasteiger partial charge is 0.489 e. The fourth-order valence-corrected chi connectivity index (χ4v) is 2.08. The number of rotatable bonds is 6. The van der Waals surface area contributed by atoms with Gasteiger partial charge in [0.1, 0.15) is 12.4 Å². The Morgan fingerprint density at radius 2 is 1.90 bits per heavy atom. The van der Waals surface area contributed by atoms with Crippen LogP contribution in [-0.4, -0.2) is 11.5 Å². The second-order valence-electron chi connectivity index (χ2n) is 4.50. The first kappa shape index (κ1) is 15.3. The molecule has 0 aromatic heterocycles. The van der Waals surface area contributed by atoms with Crippen LogP contribution in [0, 0.1) is 10.1 Å². The maximum atomic E-state index is 11.0. The molecule has 0 saturated heterocycles. The zero-order valence-electron chi connectivity index (χ0n) is 11.3. The van der Waals surface area contributed by atoms with Crippen LogP contribution < -0.4 is 10.5 Å². The first-order valence-corrected chi connectivity index (χ1v) is 6.82. The van der Waals surface area contributed by atoms with Crippen molar-refractivity contribution in [2.75, 3.05) is 6.54 Å². The highest BCUT2D eigenvalue weighted by molar-refractivity contribution is 6.30. The van der Waals surface area contributed by atoms with E-state index in [2.05, 4.69) is 0 Å². The van der Waals surface area contributed by atoms with E-state index in [-0.39, 0.29) is 12.3 Å². The molecule has 2 aromatic carbocycles. The van der Waals surface area contributed by atoms with Gasteiger partial charge in [-0.3, -0.25) is 10.1 Å². The molecule has 2 rings (SSSR count). The summed E-state index contributed by atoms with van der Waals surface area (Å²) in [6.45, 7) is 0.709. The molecule has 110 valence electrons. The third-order valence-electron chi connectivity index (χ3n) is 2.99. The molecule has 5 nitrogen and oxygen atoms in total. The monoisotopic (exact) mass is 306 g/mol. The number of ether oxygens (including phenoxy) is 1. The summed E-state index contributed by atoms with van der Waals surface area (Å²) in [6, 6.07) is 12.0. The van der Waals surface area contributed by atoms with Crippen LogP contribution in [0.15, 0.2) is 42.5 Å². The number of nitrogens with zero attached hydrogens (tertiary/aromatic N) is 1. The van der Waals surface area contributed by atoms with E-state index >= 15 is 0 Å². The lowest BCUT2D eigenvalue weighted by Gasteiger charge is -2.08. The van der Waals surface area contributed by atoms with Gasteiger partial charge < -0.3 is 10.5 Å². The van der Waals surface area contributed by atoms with E-state index < -0.39 is 4.92 Å². The van der Waals surface area contributed by atoms with Crippen LogP contribution in [0.5, 0.6) is 5.75 Å². The maximum Gasteiger partial charge on any atom is 0.277 e. The average molecular weight is 307 g/mol. The van der Waals surface area contributed by atoms with Crippen LogP contribution in [0.25, 0.3) is 0 Å². The molecule has 2 N–H and O–H groups in total. The van der Waals surface area contributed by atoms with Crippen LogP contribution >= 0.6 is 11.6 Å². The predicted molar refractivity (Wildman–Crippen MR) is 81.6 cm³/mol. The molecule has 0 heterocycles. The fourth-order valence-electron chi connectivity index (χ4n) is 1.91. The third-order valence-corrected chi connectivity index (χ3v) is 3.23. The van der Waals surface area contributed by atoms with Gasteiger partial charge in [0.2, 0.25) is 0 Å². The molecule has 0 bridgehead atoms. The van der Waals surface area contributed by atoms with Gasteiger partial charge in [0, 0.05) is 11.1 Å². The standard InChI is InChI=1S/C15H15ClN2O3/c16-13-4-3-12(15(9-13)18(19)20)10-21-14-5-1-11(2-6-14)7-8-17/h1-6,9H,7-8,10,17H2. The fraction of sp³-hybridized carbons (Fsp3) is 0.200. The second-order valence-corrected chi connectivity index (χ2v) is 4.94. The molecule has 0 aliphatic heterocycles. The van der Waals surface area contributed by atoms with Crippen molar-refractivity contribution in [2.45, 2.75) is 13.0 Å². The minimum absolute atomic E-state index is 0.0396. The molecule has 2 aromatic rings. The van der Waals surface area contributed by atoms with Gasteiger partial charge in [-0.1, -0.05) is 23.7 Å². The summed E-state index contributed by atoms with van der Waals surface area (Å²) in [5.74, 6) is 0.653. The Morgan fingerprint density at radius 3 is 2.52 bits per heavy atom. The van der Waals surface area contributed by atoms with Crippen LogP contribution in [0.1, 0.15) is 11.1 Å². The van der Waals surface area contributed by atoms with Crippen LogP contribution in [-0.2, 0) is 13.0 Å². The van der Waals surface area contributed by atoms with Gasteiger partial charge in [-0.25, -0.2) is 0 Å². The summed E-state index contributed by atoms with van der Waals surface area (Å²) >= 11 is 5.77. The number of nitro benzene ring substituents is 1. The van der Waals surface area contributed by atoms with E-state index in [9.17, 15) is 10.1 Å². The predicted octanol–water partition coefficient (Wildman–Crippen LogP) is 3.33. The van der Waals surface area contributed by atoms with E-state index in [4.69, 9.17) is 22.1 Å². The number of nitro groups is 1. The Hall–Kier alpha value is -2.11. The summed E-state index contributed by atoms with van der Waals surface area (Å²) in [5.41, 5.74) is 7.05. The van der Waals surface area contributed by atoms with E-state index in [1.807, 2.05) is 24.3 Å². The lowest BCUT2D eigenvalue weighted by Crippen LogP contribution is -2.03. The molecule has 0 atom stereocenters. The van der Waals surface area contributed by atoms with Crippen molar-refractivity contribution in [1.29, 1.82) is 0 Å². The molecular weight excluding hydrogens is 292 g/mol. The molecule has 0 spiro atoms. The Labute approximate surface area is 127 Å². The Kier molecular flexibility index (Phi) is 5.14. The highest BCUT2D eigenvalue weighted by atomic mass is 35.5. The van der Waals surface area contributed by atoms with Crippen molar-refractivity contribution in [3.63, 3.8) is 0 Å². The summed E-state index contributed by atoms with van der Waals surface area (Å²) in [6.07, 6.45) is 0.808. The van der Waals surface area contributed by atoms with Gasteiger partial charge in [0.25, 0.3) is 5.69 Å². The first-order chi connectivity index (χ1) is 10.1. The summed E-state index contributed by atoms with van der Waals surface area (Å²) in [7, 11) is 0. The zero-order chi connectivity index (χ0) is 15.2. The van der Waals surface area contributed by atoms with Gasteiger partial charge in [-0.05, 0) is 42.8 Å². The highest BCUT2D eigenvalue weighted by Crippen LogP contribution is 2.24. The molecule has 0 unspecified atom stereocenters. The molecule has 0 fully saturated rings. The van der Waals surface area contributed by atoms with Crippen molar-refractivity contribution in [3.05, 3.63) is 68.7 Å². The number of hydrogen-bond acceptors (Lipinski definition) is 4. The van der Waals surface area contributed by atoms with Crippen molar-refractivity contribution < 1.29 is 9.66 Å². The van der Waals surface area contributed by atoms with E-state index in [1.165, 1.54) is 6.07 Å². The summed E-state index contributed by atoms with van der Waals surface area (Å²) < 4.78 is 5.58. The molecule has 0 saturated carbocycles. The average Bonchev–Trinajstić information content (AvgIpc) is 2.47. The van der Waals surface area contributed by atoms with Crippen molar-refractivity contribution in [3.8, 4) is 5.75 Å². The highest BCUT2D eigenvalue weighted by Gasteiger charge is 2.14. The molecule has 0 radical (unpaired) electrons. The van der Waals surface area contributed by atoms with Gasteiger partial charge >= 0.3 is 0 Å². The second kappa shape index (κ2) is 7.06. The SMILES string of the molecule is NCCc1ccc(OCc2ccc(Cl)cc2[N+](=O)[O-])cc1. The summed E-state index contributed by atoms with van der Waals surface area (Å²) in [5, 5.41) is 11.3. The van der Waals surface area contributed by atoms with Gasteiger partial charge in [0.15, 0.2) is 0 Å². The molecular formula is C15H15ClN2O3. The van der Waals surface area contributed by atoms with Gasteiger partial charge in [0.05, 0.1) is 10.5 Å². The quantitative estimate of drug-likeness (QED) is 0.656. The zero-order valence-corrected chi connectivity index (χ0v) is 12.0. The minimum Gasteiger partial charge on any atom is -0.489 e. The van der Waals surface area contributed by atoms with Crippen molar-refractivity contribution >= 4 is 17.3 Å². The van der Waals surface area contributed by atoms with E-state index in [0.29, 0.717) is 22.9 Å². The van der Waals surface area contributed by atoms with Crippen molar-refractivity contribution in [1.82, 2.24) is 0 Å². The first-order valence-electron chi connectivity index (χ1n) is 6.45. The Morgan fingerprint density at radius 1 is 1.19 bits per heavy atom.